The molecule has 3 saturated heterocycles. The topological polar surface area (TPSA) is 87.2 Å². The van der Waals surface area contributed by atoms with Gasteiger partial charge in [0.05, 0.1) is 41.2 Å². The molecule has 2 aromatic rings. The van der Waals surface area contributed by atoms with E-state index in [1.807, 2.05) is 12.1 Å². The van der Waals surface area contributed by atoms with E-state index in [2.05, 4.69) is 46.9 Å². The first kappa shape index (κ1) is 25.3. The van der Waals surface area contributed by atoms with Gasteiger partial charge in [0.1, 0.15) is 5.82 Å². The number of carbonyl (C=O) groups is 1. The molecule has 4 heterocycles. The standard InChI is InChI=1S/C28H37ClN4O4/c1-26(2)16-28(4-9-37-26)13-20(28)25(35)31-24-12-18-11-22(21(29)10-19(18)14-30-24)32-5-7-33(8-6-32)27(3)17-36-15-23(27)34/h10-12,14,20,23,34H,4-9,13,15-17H2,1-3H3,(H,30,31,35)/t20-,23+,27-,28-/m0/s1. The minimum atomic E-state index is -0.465. The minimum Gasteiger partial charge on any atom is -0.389 e. The molecular weight excluding hydrogens is 492 g/mol. The number of ether oxygens (including phenoxy) is 2. The van der Waals surface area contributed by atoms with Gasteiger partial charge in [0, 0.05) is 50.3 Å². The summed E-state index contributed by atoms with van der Waals surface area (Å²) in [5.74, 6) is 0.657. The molecule has 37 heavy (non-hydrogen) atoms. The van der Waals surface area contributed by atoms with Crippen LogP contribution in [0, 0.1) is 11.3 Å². The molecule has 2 N–H and O–H groups in total. The van der Waals surface area contributed by atoms with E-state index in [4.69, 9.17) is 21.1 Å². The number of hydrogen-bond acceptors (Lipinski definition) is 7. The van der Waals surface area contributed by atoms with E-state index in [0.29, 0.717) is 24.1 Å². The first-order valence-electron chi connectivity index (χ1n) is 13.4. The Kier molecular flexibility index (Phi) is 6.20. The van der Waals surface area contributed by atoms with Crippen molar-refractivity contribution in [1.82, 2.24) is 9.88 Å². The third-order valence-electron chi connectivity index (χ3n) is 9.15. The largest absolute Gasteiger partial charge is 0.389 e. The number of nitrogens with one attached hydrogen (secondary N) is 1. The summed E-state index contributed by atoms with van der Waals surface area (Å²) in [7, 11) is 0. The molecule has 4 atom stereocenters. The molecule has 1 amide bonds. The fraction of sp³-hybridized carbons (Fsp3) is 0.643. The third kappa shape index (κ3) is 4.61. The molecule has 8 nitrogen and oxygen atoms in total. The number of carbonyl (C=O) groups excluding carboxylic acids is 1. The molecule has 4 fully saturated rings. The van der Waals surface area contributed by atoms with Crippen molar-refractivity contribution in [3.05, 3.63) is 29.4 Å². The van der Waals surface area contributed by atoms with Gasteiger partial charge in [-0.2, -0.15) is 0 Å². The van der Waals surface area contributed by atoms with Crippen LogP contribution < -0.4 is 10.2 Å². The number of halogens is 1. The van der Waals surface area contributed by atoms with Crippen molar-refractivity contribution in [3.8, 4) is 0 Å². The van der Waals surface area contributed by atoms with Crippen LogP contribution in [0.5, 0.6) is 0 Å². The van der Waals surface area contributed by atoms with Crippen molar-refractivity contribution in [3.63, 3.8) is 0 Å². The lowest BCUT2D eigenvalue weighted by molar-refractivity contribution is -0.120. The fourth-order valence-corrected chi connectivity index (χ4v) is 7.09. The maximum Gasteiger partial charge on any atom is 0.229 e. The molecule has 1 aliphatic carbocycles. The van der Waals surface area contributed by atoms with E-state index in [1.54, 1.807) is 6.20 Å². The Bertz CT molecular complexity index is 1220. The van der Waals surface area contributed by atoms with Gasteiger partial charge in [0.15, 0.2) is 0 Å². The van der Waals surface area contributed by atoms with E-state index < -0.39 is 6.10 Å². The number of piperazine rings is 1. The Labute approximate surface area is 223 Å². The highest BCUT2D eigenvalue weighted by Gasteiger charge is 2.61. The van der Waals surface area contributed by atoms with Crippen LogP contribution in [0.3, 0.4) is 0 Å². The van der Waals surface area contributed by atoms with Crippen LogP contribution in [0.4, 0.5) is 11.5 Å². The summed E-state index contributed by atoms with van der Waals surface area (Å²) in [6.45, 7) is 11.3. The number of benzene rings is 1. The van der Waals surface area contributed by atoms with E-state index in [9.17, 15) is 9.90 Å². The van der Waals surface area contributed by atoms with E-state index in [1.165, 1.54) is 0 Å². The van der Waals surface area contributed by atoms with Gasteiger partial charge in [-0.15, -0.1) is 0 Å². The Morgan fingerprint density at radius 3 is 2.65 bits per heavy atom. The number of nitrogens with zero attached hydrogens (tertiary/aromatic N) is 3. The molecule has 0 radical (unpaired) electrons. The zero-order chi connectivity index (χ0) is 26.0. The minimum absolute atomic E-state index is 0.0240. The number of pyridine rings is 1. The first-order valence-corrected chi connectivity index (χ1v) is 13.8. The molecular formula is C28H37ClN4O4. The van der Waals surface area contributed by atoms with Gasteiger partial charge in [-0.1, -0.05) is 11.6 Å². The summed E-state index contributed by atoms with van der Waals surface area (Å²) in [5, 5.41) is 16.1. The molecule has 1 spiro atoms. The van der Waals surface area contributed by atoms with E-state index in [0.717, 1.165) is 68.5 Å². The molecule has 4 aliphatic rings. The number of fused-ring (bicyclic) bond motifs is 1. The van der Waals surface area contributed by atoms with Crippen molar-refractivity contribution in [2.24, 2.45) is 11.3 Å². The second-order valence-corrected chi connectivity index (χ2v) is 12.6. The zero-order valence-corrected chi connectivity index (χ0v) is 22.7. The highest BCUT2D eigenvalue weighted by molar-refractivity contribution is 6.34. The zero-order valence-electron chi connectivity index (χ0n) is 21.9. The predicted octanol–water partition coefficient (Wildman–Crippen LogP) is 3.69. The van der Waals surface area contributed by atoms with Crippen LogP contribution in [0.15, 0.2) is 24.4 Å². The van der Waals surface area contributed by atoms with Gasteiger partial charge >= 0.3 is 0 Å². The van der Waals surface area contributed by atoms with Crippen LogP contribution in [0.1, 0.15) is 40.0 Å². The SMILES string of the molecule is CC1(C)C[C@]2(CCO1)C[C@H]2C(=O)Nc1cc2cc(N3CCN([C@@]4(C)COC[C@H]4O)CC3)c(Cl)cc2cn1. The average Bonchev–Trinajstić information content (AvgIpc) is 3.42. The number of hydrogen-bond donors (Lipinski definition) is 2. The number of amides is 1. The van der Waals surface area contributed by atoms with E-state index >= 15 is 0 Å². The number of rotatable bonds is 4. The van der Waals surface area contributed by atoms with Crippen molar-refractivity contribution in [2.75, 3.05) is 56.2 Å². The van der Waals surface area contributed by atoms with Gasteiger partial charge in [-0.25, -0.2) is 4.98 Å². The Morgan fingerprint density at radius 1 is 1.16 bits per heavy atom. The molecule has 0 unspecified atom stereocenters. The second-order valence-electron chi connectivity index (χ2n) is 12.2. The normalized spacial score (nSPS) is 33.7. The molecule has 200 valence electrons. The van der Waals surface area contributed by atoms with Crippen molar-refractivity contribution < 1.29 is 19.4 Å². The summed E-state index contributed by atoms with van der Waals surface area (Å²) in [6.07, 6.45) is 4.10. The Balaban J connectivity index is 1.15. The van der Waals surface area contributed by atoms with Crippen LogP contribution in [-0.2, 0) is 14.3 Å². The highest BCUT2D eigenvalue weighted by atomic mass is 35.5. The lowest BCUT2D eigenvalue weighted by Crippen LogP contribution is -2.60. The molecule has 0 bridgehead atoms. The van der Waals surface area contributed by atoms with Gasteiger partial charge in [0.25, 0.3) is 0 Å². The maximum atomic E-state index is 13.1. The van der Waals surface area contributed by atoms with Gasteiger partial charge in [-0.3, -0.25) is 9.69 Å². The maximum absolute atomic E-state index is 13.1. The molecule has 1 aromatic carbocycles. The average molecular weight is 529 g/mol. The van der Waals surface area contributed by atoms with Crippen LogP contribution in [-0.4, -0.2) is 84.1 Å². The number of aliphatic hydroxyl groups excluding tert-OH is 1. The summed E-state index contributed by atoms with van der Waals surface area (Å²) >= 11 is 6.71. The van der Waals surface area contributed by atoms with E-state index in [-0.39, 0.29) is 28.4 Å². The smallest absolute Gasteiger partial charge is 0.229 e. The summed E-state index contributed by atoms with van der Waals surface area (Å²) in [5.41, 5.74) is 0.552. The molecule has 3 aliphatic heterocycles. The molecule has 9 heteroatoms. The van der Waals surface area contributed by atoms with Gasteiger partial charge < -0.3 is 24.8 Å². The highest BCUT2D eigenvalue weighted by Crippen LogP contribution is 2.62. The predicted molar refractivity (Wildman–Crippen MR) is 144 cm³/mol. The molecule has 6 rings (SSSR count). The molecule has 1 saturated carbocycles. The lowest BCUT2D eigenvalue weighted by Gasteiger charge is -2.45. The summed E-state index contributed by atoms with van der Waals surface area (Å²) in [4.78, 5) is 22.2. The number of aliphatic hydroxyl groups is 1. The van der Waals surface area contributed by atoms with Crippen LogP contribution >= 0.6 is 11.6 Å². The monoisotopic (exact) mass is 528 g/mol. The summed E-state index contributed by atoms with van der Waals surface area (Å²) < 4.78 is 11.4. The van der Waals surface area contributed by atoms with Crippen LogP contribution in [0.2, 0.25) is 5.02 Å². The molecule has 1 aromatic heterocycles. The van der Waals surface area contributed by atoms with Crippen molar-refractivity contribution in [2.45, 2.75) is 57.3 Å². The third-order valence-corrected chi connectivity index (χ3v) is 9.45. The van der Waals surface area contributed by atoms with Gasteiger partial charge in [-0.05, 0) is 69.0 Å². The second kappa shape index (κ2) is 9.06. The van der Waals surface area contributed by atoms with Crippen molar-refractivity contribution >= 4 is 39.8 Å². The lowest BCUT2D eigenvalue weighted by atomic mass is 9.83. The van der Waals surface area contributed by atoms with Crippen molar-refractivity contribution in [1.29, 1.82) is 0 Å². The number of anilines is 2. The Morgan fingerprint density at radius 2 is 1.95 bits per heavy atom. The first-order chi connectivity index (χ1) is 17.6. The van der Waals surface area contributed by atoms with Crippen LogP contribution in [0.25, 0.3) is 10.8 Å². The Hall–Kier alpha value is -1.97. The number of aromatic nitrogens is 1. The summed E-state index contributed by atoms with van der Waals surface area (Å²) in [6, 6.07) is 5.99. The van der Waals surface area contributed by atoms with Gasteiger partial charge in [0.2, 0.25) is 5.91 Å². The quantitative estimate of drug-likeness (QED) is 0.625. The fourth-order valence-electron chi connectivity index (χ4n) is 6.80.